The van der Waals surface area contributed by atoms with Gasteiger partial charge in [0.1, 0.15) is 0 Å². The Morgan fingerprint density at radius 3 is 0.670 bits per heavy atom. The minimum absolute atomic E-state index is 0.0404. The largest absolute Gasteiger partial charge is 0.416 e. The minimum atomic E-state index is -5.23. The molecule has 0 aliphatic rings. The maximum Gasteiger partial charge on any atom is 0.416 e. The zero-order chi connectivity index (χ0) is 75.6. The summed E-state index contributed by atoms with van der Waals surface area (Å²) in [6.45, 7) is 0. The third kappa shape index (κ3) is 12.3. The monoisotopic (exact) mass is 1280 g/mol. The van der Waals surface area contributed by atoms with Gasteiger partial charge in [-0.1, -0.05) is 0 Å². The van der Waals surface area contributed by atoms with Crippen LogP contribution in [0.5, 0.6) is 0 Å². The van der Waals surface area contributed by atoms with E-state index < -0.39 is 199 Å². The van der Waals surface area contributed by atoms with Gasteiger partial charge in [-0.15, -0.1) is 0 Å². The average Bonchev–Trinajstić information content (AvgIpc) is 1.55. The van der Waals surface area contributed by atoms with Gasteiger partial charge in [-0.2, -0.15) is 105 Å². The van der Waals surface area contributed by atoms with Crippen molar-refractivity contribution in [2.24, 2.45) is 28.2 Å². The molecule has 0 amide bonds. The van der Waals surface area contributed by atoms with Gasteiger partial charge in [0, 0.05) is 115 Å². The molecule has 88 heavy (non-hydrogen) atoms. The van der Waals surface area contributed by atoms with Crippen molar-refractivity contribution in [2.75, 3.05) is 0 Å². The molecule has 4 nitrogen and oxygen atoms in total. The standard InChI is InChI=1S/4C15H9F6N/c4*1-22-12-4-2-8(14(16,17)18)6-10(12)11-7-9(15(19,20)21)3-5-13(11)22/h4*2-7H,1H3/i2D,3D,4D,5D,6D,7D;2D,3D,6D,7D;2D,3D;. The molecule has 12 aromatic rings. The van der Waals surface area contributed by atoms with E-state index in [-0.39, 0.29) is 43.6 Å². The maximum atomic E-state index is 13.3. The van der Waals surface area contributed by atoms with E-state index in [0.29, 0.717) is 23.2 Å². The van der Waals surface area contributed by atoms with Gasteiger partial charge in [-0.25, -0.2) is 0 Å². The van der Waals surface area contributed by atoms with Gasteiger partial charge in [0.15, 0.2) is 0 Å². The van der Waals surface area contributed by atoms with Gasteiger partial charge in [0.2, 0.25) is 0 Å². The van der Waals surface area contributed by atoms with E-state index >= 15 is 0 Å². The molecule has 464 valence electrons. The van der Waals surface area contributed by atoms with Crippen molar-refractivity contribution in [2.45, 2.75) is 49.4 Å². The van der Waals surface area contributed by atoms with Gasteiger partial charge in [0.25, 0.3) is 0 Å². The van der Waals surface area contributed by atoms with Crippen LogP contribution in [0.25, 0.3) is 87.2 Å². The van der Waals surface area contributed by atoms with Gasteiger partial charge in [0.05, 0.1) is 61.0 Å². The number of hydrogen-bond acceptors (Lipinski definition) is 0. The van der Waals surface area contributed by atoms with Gasteiger partial charge in [-0.3, -0.25) is 0 Å². The topological polar surface area (TPSA) is 19.7 Å². The van der Waals surface area contributed by atoms with Crippen LogP contribution in [0.3, 0.4) is 0 Å². The molecule has 0 atom stereocenters. The molecule has 0 bridgehead atoms. The van der Waals surface area contributed by atoms with E-state index in [4.69, 9.17) is 16.4 Å². The molecule has 8 aromatic carbocycles. The second-order valence-electron chi connectivity index (χ2n) is 19.0. The van der Waals surface area contributed by atoms with Crippen LogP contribution in [0.1, 0.15) is 61.0 Å². The summed E-state index contributed by atoms with van der Waals surface area (Å²) in [6.07, 6.45) is -39.2. The zero-order valence-electron chi connectivity index (χ0n) is 55.8. The highest BCUT2D eigenvalue weighted by Crippen LogP contribution is 2.43. The smallest absolute Gasteiger partial charge is 0.344 e. The lowest BCUT2D eigenvalue weighted by atomic mass is 10.1. The third-order valence-corrected chi connectivity index (χ3v) is 13.5. The van der Waals surface area contributed by atoms with Crippen molar-refractivity contribution in [1.82, 2.24) is 18.3 Å². The molecular weight excluding hydrogens is 1230 g/mol. The summed E-state index contributed by atoms with van der Waals surface area (Å²) < 4.78 is 411. The first-order chi connectivity index (χ1) is 45.4. The highest BCUT2D eigenvalue weighted by Gasteiger charge is 2.38. The van der Waals surface area contributed by atoms with Crippen molar-refractivity contribution >= 4 is 87.2 Å². The van der Waals surface area contributed by atoms with Gasteiger partial charge in [-0.05, 0) is 145 Å². The average molecular weight is 1280 g/mol. The van der Waals surface area contributed by atoms with Crippen molar-refractivity contribution in [1.29, 1.82) is 0 Å². The number of halogens is 24. The molecule has 0 spiro atoms. The van der Waals surface area contributed by atoms with Gasteiger partial charge < -0.3 is 18.3 Å². The first kappa shape index (κ1) is 49.3. The highest BCUT2D eigenvalue weighted by atomic mass is 19.4. The Bertz CT molecular complexity index is 5070. The van der Waals surface area contributed by atoms with Crippen LogP contribution in [0.2, 0.25) is 0 Å². The summed E-state index contributed by atoms with van der Waals surface area (Å²) in [6, 6.07) is -2.16. The predicted octanol–water partition coefficient (Wildman–Crippen LogP) is 21.5. The molecule has 4 aromatic heterocycles. The summed E-state index contributed by atoms with van der Waals surface area (Å²) in [5, 5.41) is -2.34. The number of alkyl halides is 24. The number of benzene rings is 8. The SMILES string of the molecule is Cn1c2ccc(C(F)(F)F)cc2c2cc(C(F)(F)F)ccc21.[2H]c1c(C(F)(F)F)c([2H])c2c3c([2H])c(C(F)(F)F)c([2H])c([2H])c3n(C)c2c1[2H].[2H]c1cc2c(c([2H])c1C(F)(F)F)c1c([2H])c(C(F)(F)F)c([2H])cc1n2C.[2H]c1cc2c(cc1C(F)(F)F)c1cc(C(F)(F)F)c([2H])cc1n2C. The Balaban J connectivity index is 0.000000156. The zero-order valence-corrected chi connectivity index (χ0v) is 43.8. The number of rotatable bonds is 0. The Kier molecular flexibility index (Phi) is 12.1. The molecule has 0 unspecified atom stereocenters. The van der Waals surface area contributed by atoms with Crippen LogP contribution in [0.4, 0.5) is 105 Å². The van der Waals surface area contributed by atoms with Crippen LogP contribution in [0, 0.1) is 0 Å². The van der Waals surface area contributed by atoms with E-state index in [1.807, 2.05) is 0 Å². The molecule has 0 aliphatic carbocycles. The Hall–Kier alpha value is -8.72. The molecule has 0 aliphatic heterocycles. The molecule has 0 fully saturated rings. The second kappa shape index (κ2) is 21.6. The molecular formula is C60H36F24N4. The van der Waals surface area contributed by atoms with E-state index in [0.717, 1.165) is 60.1 Å². The van der Waals surface area contributed by atoms with Crippen LogP contribution in [0.15, 0.2) is 145 Å². The number of nitrogens with zero attached hydrogens (tertiary/aromatic N) is 4. The summed E-state index contributed by atoms with van der Waals surface area (Å²) in [5.74, 6) is 0. The molecule has 12 rings (SSSR count). The summed E-state index contributed by atoms with van der Waals surface area (Å²) in [4.78, 5) is 0. The van der Waals surface area contributed by atoms with Crippen molar-refractivity contribution < 1.29 is 122 Å². The molecule has 0 saturated heterocycles. The number of aryl methyl sites for hydroxylation is 4. The molecule has 0 N–H and O–H groups in total. The van der Waals surface area contributed by atoms with E-state index in [1.54, 1.807) is 11.6 Å². The predicted molar refractivity (Wildman–Crippen MR) is 282 cm³/mol. The van der Waals surface area contributed by atoms with Crippen molar-refractivity contribution in [3.05, 3.63) is 190 Å². The maximum absolute atomic E-state index is 13.3. The lowest BCUT2D eigenvalue weighted by molar-refractivity contribution is -0.138. The fourth-order valence-electron chi connectivity index (χ4n) is 9.26. The first-order valence-electron chi connectivity index (χ1n) is 30.1. The second-order valence-corrected chi connectivity index (χ2v) is 19.0. The van der Waals surface area contributed by atoms with Crippen molar-refractivity contribution in [3.8, 4) is 0 Å². The van der Waals surface area contributed by atoms with Gasteiger partial charge >= 0.3 is 49.4 Å². The molecule has 0 radical (unpaired) electrons. The van der Waals surface area contributed by atoms with E-state index in [1.165, 1.54) is 35.4 Å². The van der Waals surface area contributed by atoms with Crippen LogP contribution in [-0.2, 0) is 77.6 Å². The Morgan fingerprint density at radius 1 is 0.216 bits per heavy atom. The molecule has 0 saturated carbocycles. The minimum Gasteiger partial charge on any atom is -0.344 e. The van der Waals surface area contributed by atoms with Crippen LogP contribution in [-0.4, -0.2) is 18.3 Å². The molecule has 28 heteroatoms. The lowest BCUT2D eigenvalue weighted by Gasteiger charge is -2.07. The lowest BCUT2D eigenvalue weighted by Crippen LogP contribution is -2.04. The summed E-state index contributed by atoms with van der Waals surface area (Å²) in [7, 11) is 5.51. The fraction of sp³-hybridized carbons (Fsp3) is 0.200. The quantitative estimate of drug-likeness (QED) is 0.135. The summed E-state index contributed by atoms with van der Waals surface area (Å²) >= 11 is 0. The number of hydrogen-bond donors (Lipinski definition) is 0. The highest BCUT2D eigenvalue weighted by molar-refractivity contribution is 6.11. The normalized spacial score (nSPS) is 15.1. The van der Waals surface area contributed by atoms with E-state index in [9.17, 15) is 105 Å². The number of fused-ring (bicyclic) bond motifs is 12. The van der Waals surface area contributed by atoms with Crippen LogP contribution >= 0.6 is 0 Å². The van der Waals surface area contributed by atoms with E-state index in [2.05, 4.69) is 0 Å². The van der Waals surface area contributed by atoms with Crippen LogP contribution < -0.4 is 0 Å². The molecule has 4 heterocycles. The third-order valence-electron chi connectivity index (χ3n) is 13.5. The fourth-order valence-corrected chi connectivity index (χ4v) is 9.26. The Morgan fingerprint density at radius 2 is 0.409 bits per heavy atom. The summed E-state index contributed by atoms with van der Waals surface area (Å²) in [5.41, 5.74) is -10.9. The number of aromatic nitrogens is 4. The first-order valence-corrected chi connectivity index (χ1v) is 24.1. The Labute approximate surface area is 494 Å². The van der Waals surface area contributed by atoms with Crippen molar-refractivity contribution in [3.63, 3.8) is 0 Å².